The van der Waals surface area contributed by atoms with Crippen LogP contribution in [-0.4, -0.2) is 35.3 Å². The van der Waals surface area contributed by atoms with Gasteiger partial charge in [0.05, 0.1) is 6.04 Å². The minimum absolute atomic E-state index is 0.267. The molecular weight excluding hydrogens is 354 g/mol. The Bertz CT molecular complexity index is 797. The predicted molar refractivity (Wildman–Crippen MR) is 106 cm³/mol. The summed E-state index contributed by atoms with van der Waals surface area (Å²) in [6.07, 6.45) is 0.555. The lowest BCUT2D eigenvalue weighted by molar-refractivity contribution is -0.132. The molecule has 0 aliphatic carbocycles. The van der Waals surface area contributed by atoms with Crippen LogP contribution in [0.15, 0.2) is 60.7 Å². The second-order valence-electron chi connectivity index (χ2n) is 7.38. The number of carbonyl (C=O) groups excluding carboxylic acids is 3. The van der Waals surface area contributed by atoms with Gasteiger partial charge < -0.3 is 10.6 Å². The van der Waals surface area contributed by atoms with Crippen LogP contribution in [-0.2, 0) is 9.59 Å². The first kappa shape index (κ1) is 19.6. The molecule has 0 saturated carbocycles. The third kappa shape index (κ3) is 4.57. The van der Waals surface area contributed by atoms with Gasteiger partial charge in [0.25, 0.3) is 5.91 Å². The summed E-state index contributed by atoms with van der Waals surface area (Å²) in [5.74, 6) is -0.459. The molecule has 1 atom stereocenters. The molecule has 28 heavy (non-hydrogen) atoms. The van der Waals surface area contributed by atoms with Gasteiger partial charge in [0.1, 0.15) is 12.6 Å². The smallest absolute Gasteiger partial charge is 0.325 e. The molecule has 2 aromatic rings. The van der Waals surface area contributed by atoms with Crippen LogP contribution in [0, 0.1) is 5.92 Å². The molecule has 2 aromatic carbocycles. The molecule has 1 aliphatic heterocycles. The molecule has 3 rings (SSSR count). The second kappa shape index (κ2) is 8.69. The molecule has 4 amide bonds. The van der Waals surface area contributed by atoms with Crippen molar-refractivity contribution in [1.82, 2.24) is 15.5 Å². The van der Waals surface area contributed by atoms with E-state index >= 15 is 0 Å². The Morgan fingerprint density at radius 2 is 1.54 bits per heavy atom. The summed E-state index contributed by atoms with van der Waals surface area (Å²) < 4.78 is 0. The molecule has 0 unspecified atom stereocenters. The summed E-state index contributed by atoms with van der Waals surface area (Å²) in [6.45, 7) is 3.67. The SMILES string of the molecule is CC(C)C[C@H]1NC(=O)N(CC(=O)NC(c2ccccc2)c2ccccc2)C1=O. The zero-order valence-corrected chi connectivity index (χ0v) is 16.1. The Kier molecular flexibility index (Phi) is 6.09. The quantitative estimate of drug-likeness (QED) is 0.726. The largest absolute Gasteiger partial charge is 0.344 e. The van der Waals surface area contributed by atoms with Crippen molar-refractivity contribution in [2.45, 2.75) is 32.4 Å². The maximum atomic E-state index is 12.7. The Labute approximate surface area is 164 Å². The second-order valence-corrected chi connectivity index (χ2v) is 7.38. The number of nitrogens with one attached hydrogen (secondary N) is 2. The zero-order chi connectivity index (χ0) is 20.1. The lowest BCUT2D eigenvalue weighted by atomic mass is 9.99. The van der Waals surface area contributed by atoms with E-state index in [4.69, 9.17) is 0 Å². The normalized spacial score (nSPS) is 16.6. The molecule has 0 spiro atoms. The highest BCUT2D eigenvalue weighted by atomic mass is 16.2. The van der Waals surface area contributed by atoms with Gasteiger partial charge in [-0.1, -0.05) is 74.5 Å². The van der Waals surface area contributed by atoms with Gasteiger partial charge in [-0.2, -0.15) is 0 Å². The number of carbonyl (C=O) groups is 3. The fraction of sp³-hybridized carbons (Fsp3) is 0.318. The first-order valence-electron chi connectivity index (χ1n) is 9.47. The van der Waals surface area contributed by atoms with E-state index in [0.29, 0.717) is 6.42 Å². The van der Waals surface area contributed by atoms with Crippen LogP contribution in [0.25, 0.3) is 0 Å². The van der Waals surface area contributed by atoms with Gasteiger partial charge in [0.2, 0.25) is 5.91 Å². The molecule has 0 aromatic heterocycles. The third-order valence-corrected chi connectivity index (χ3v) is 4.69. The molecule has 0 bridgehead atoms. The van der Waals surface area contributed by atoms with Crippen molar-refractivity contribution in [3.63, 3.8) is 0 Å². The minimum atomic E-state index is -0.556. The van der Waals surface area contributed by atoms with Crippen LogP contribution >= 0.6 is 0 Å². The molecule has 0 radical (unpaired) electrons. The highest BCUT2D eigenvalue weighted by molar-refractivity contribution is 6.06. The topological polar surface area (TPSA) is 78.5 Å². The van der Waals surface area contributed by atoms with E-state index in [-0.39, 0.29) is 30.3 Å². The van der Waals surface area contributed by atoms with Gasteiger partial charge in [-0.05, 0) is 23.5 Å². The summed E-state index contributed by atoms with van der Waals surface area (Å²) in [6, 6.07) is 17.8. The molecule has 6 heteroatoms. The summed E-state index contributed by atoms with van der Waals surface area (Å²) >= 11 is 0. The van der Waals surface area contributed by atoms with E-state index < -0.39 is 12.1 Å². The zero-order valence-electron chi connectivity index (χ0n) is 16.1. The first-order valence-corrected chi connectivity index (χ1v) is 9.47. The van der Waals surface area contributed by atoms with Crippen molar-refractivity contribution in [3.05, 3.63) is 71.8 Å². The van der Waals surface area contributed by atoms with Crippen LogP contribution in [0.3, 0.4) is 0 Å². The lowest BCUT2D eigenvalue weighted by Crippen LogP contribution is -2.42. The highest BCUT2D eigenvalue weighted by Gasteiger charge is 2.39. The molecule has 146 valence electrons. The summed E-state index contributed by atoms with van der Waals surface area (Å²) in [4.78, 5) is 38.3. The number of amides is 4. The predicted octanol–water partition coefficient (Wildman–Crippen LogP) is 2.86. The van der Waals surface area contributed by atoms with Crippen molar-refractivity contribution in [2.24, 2.45) is 5.92 Å². The van der Waals surface area contributed by atoms with Crippen molar-refractivity contribution >= 4 is 17.8 Å². The average molecular weight is 379 g/mol. The van der Waals surface area contributed by atoms with E-state index in [2.05, 4.69) is 10.6 Å². The molecule has 1 saturated heterocycles. The van der Waals surface area contributed by atoms with E-state index in [9.17, 15) is 14.4 Å². The van der Waals surface area contributed by atoms with Gasteiger partial charge >= 0.3 is 6.03 Å². The van der Waals surface area contributed by atoms with Crippen molar-refractivity contribution in [3.8, 4) is 0 Å². The molecule has 2 N–H and O–H groups in total. The Morgan fingerprint density at radius 3 is 2.04 bits per heavy atom. The van der Waals surface area contributed by atoms with E-state index in [1.165, 1.54) is 0 Å². The van der Waals surface area contributed by atoms with Crippen LogP contribution in [0.2, 0.25) is 0 Å². The van der Waals surface area contributed by atoms with Crippen molar-refractivity contribution in [2.75, 3.05) is 6.54 Å². The summed E-state index contributed by atoms with van der Waals surface area (Å²) in [5, 5.41) is 5.62. The number of urea groups is 1. The number of hydrogen-bond donors (Lipinski definition) is 2. The standard InChI is InChI=1S/C22H25N3O3/c1-15(2)13-18-21(27)25(22(28)23-18)14-19(26)24-20(16-9-5-3-6-10-16)17-11-7-4-8-12-17/h3-12,15,18,20H,13-14H2,1-2H3,(H,23,28)(H,24,26)/t18-/m1/s1. The third-order valence-electron chi connectivity index (χ3n) is 4.69. The van der Waals surface area contributed by atoms with Gasteiger partial charge in [-0.15, -0.1) is 0 Å². The van der Waals surface area contributed by atoms with Crippen LogP contribution < -0.4 is 10.6 Å². The Balaban J connectivity index is 1.73. The van der Waals surface area contributed by atoms with Crippen LogP contribution in [0.1, 0.15) is 37.4 Å². The van der Waals surface area contributed by atoms with Crippen LogP contribution in [0.4, 0.5) is 4.79 Å². The van der Waals surface area contributed by atoms with Crippen molar-refractivity contribution < 1.29 is 14.4 Å². The maximum absolute atomic E-state index is 12.7. The number of imide groups is 1. The number of benzene rings is 2. The molecular formula is C22H25N3O3. The fourth-order valence-electron chi connectivity index (χ4n) is 3.36. The fourth-order valence-corrected chi connectivity index (χ4v) is 3.36. The average Bonchev–Trinajstić information content (AvgIpc) is 2.94. The number of rotatable bonds is 7. The Hall–Kier alpha value is -3.15. The maximum Gasteiger partial charge on any atom is 0.325 e. The molecule has 1 aliphatic rings. The molecule has 6 nitrogen and oxygen atoms in total. The van der Waals surface area contributed by atoms with Crippen molar-refractivity contribution in [1.29, 1.82) is 0 Å². The minimum Gasteiger partial charge on any atom is -0.344 e. The molecule has 1 heterocycles. The Morgan fingerprint density at radius 1 is 1.00 bits per heavy atom. The molecule has 1 fully saturated rings. The van der Waals surface area contributed by atoms with Gasteiger partial charge in [0.15, 0.2) is 0 Å². The van der Waals surface area contributed by atoms with Gasteiger partial charge in [-0.25, -0.2) is 4.79 Å². The summed E-state index contributed by atoms with van der Waals surface area (Å²) in [5.41, 5.74) is 1.86. The number of nitrogens with zero attached hydrogens (tertiary/aromatic N) is 1. The van der Waals surface area contributed by atoms with E-state index in [0.717, 1.165) is 16.0 Å². The highest BCUT2D eigenvalue weighted by Crippen LogP contribution is 2.22. The summed E-state index contributed by atoms with van der Waals surface area (Å²) in [7, 11) is 0. The lowest BCUT2D eigenvalue weighted by Gasteiger charge is -2.21. The van der Waals surface area contributed by atoms with E-state index in [1.807, 2.05) is 74.5 Å². The number of hydrogen-bond acceptors (Lipinski definition) is 3. The van der Waals surface area contributed by atoms with E-state index in [1.54, 1.807) is 0 Å². The monoisotopic (exact) mass is 379 g/mol. The van der Waals surface area contributed by atoms with Gasteiger partial charge in [0, 0.05) is 0 Å². The van der Waals surface area contributed by atoms with Gasteiger partial charge in [-0.3, -0.25) is 14.5 Å². The first-order chi connectivity index (χ1) is 13.5. The van der Waals surface area contributed by atoms with Crippen LogP contribution in [0.5, 0.6) is 0 Å².